The summed E-state index contributed by atoms with van der Waals surface area (Å²) in [7, 11) is 3.62. The van der Waals surface area contributed by atoms with Crippen molar-refractivity contribution in [3.05, 3.63) is 46.2 Å². The predicted molar refractivity (Wildman–Crippen MR) is 137 cm³/mol. The van der Waals surface area contributed by atoms with Crippen LogP contribution in [0.5, 0.6) is 5.75 Å². The SMILES string of the molecule is CCNC(=NCc1cc(Cl)c(Cl)n1C)NCC1CCN(c2ccccc2OC)C1.I. The molecule has 0 aliphatic carbocycles. The molecule has 1 aliphatic rings. The Labute approximate surface area is 206 Å². The van der Waals surface area contributed by atoms with Gasteiger partial charge in [0.15, 0.2) is 5.96 Å². The third-order valence-electron chi connectivity index (χ3n) is 5.23. The Morgan fingerprint density at radius 3 is 2.70 bits per heavy atom. The van der Waals surface area contributed by atoms with Gasteiger partial charge in [-0.1, -0.05) is 35.3 Å². The highest BCUT2D eigenvalue weighted by atomic mass is 127. The number of rotatable bonds is 7. The molecule has 30 heavy (non-hydrogen) atoms. The minimum absolute atomic E-state index is 0. The van der Waals surface area contributed by atoms with Gasteiger partial charge >= 0.3 is 0 Å². The van der Waals surface area contributed by atoms with E-state index in [1.807, 2.05) is 29.8 Å². The van der Waals surface area contributed by atoms with Gasteiger partial charge in [0.1, 0.15) is 10.9 Å². The molecule has 0 amide bonds. The van der Waals surface area contributed by atoms with Gasteiger partial charge in [0, 0.05) is 38.9 Å². The first-order valence-corrected chi connectivity index (χ1v) is 10.7. The number of nitrogens with one attached hydrogen (secondary N) is 2. The first-order valence-electron chi connectivity index (χ1n) is 9.93. The van der Waals surface area contributed by atoms with Crippen LogP contribution >= 0.6 is 47.2 Å². The predicted octanol–water partition coefficient (Wildman–Crippen LogP) is 4.54. The average Bonchev–Trinajstić information content (AvgIpc) is 3.30. The molecule has 9 heteroatoms. The van der Waals surface area contributed by atoms with Crippen LogP contribution in [0.15, 0.2) is 35.3 Å². The minimum Gasteiger partial charge on any atom is -0.495 e. The van der Waals surface area contributed by atoms with E-state index in [4.69, 9.17) is 27.9 Å². The Kier molecular flexibility index (Phi) is 9.90. The van der Waals surface area contributed by atoms with Gasteiger partial charge in [0.2, 0.25) is 0 Å². The summed E-state index contributed by atoms with van der Waals surface area (Å²) in [6, 6.07) is 10.1. The van der Waals surface area contributed by atoms with Gasteiger partial charge < -0.3 is 24.8 Å². The van der Waals surface area contributed by atoms with Gasteiger partial charge in [0.25, 0.3) is 0 Å². The Balaban J connectivity index is 0.00000320. The maximum Gasteiger partial charge on any atom is 0.191 e. The molecular weight excluding hydrogens is 536 g/mol. The van der Waals surface area contributed by atoms with Crippen molar-refractivity contribution in [1.29, 1.82) is 0 Å². The highest BCUT2D eigenvalue weighted by Gasteiger charge is 2.24. The highest BCUT2D eigenvalue weighted by molar-refractivity contribution is 14.0. The number of guanidine groups is 1. The van der Waals surface area contributed by atoms with Crippen molar-refractivity contribution in [1.82, 2.24) is 15.2 Å². The van der Waals surface area contributed by atoms with Crippen LogP contribution in [0, 0.1) is 5.92 Å². The van der Waals surface area contributed by atoms with E-state index in [9.17, 15) is 0 Å². The number of methoxy groups -OCH3 is 1. The van der Waals surface area contributed by atoms with Crippen LogP contribution in [0.4, 0.5) is 5.69 Å². The Hall–Kier alpha value is -1.32. The number of para-hydroxylation sites is 2. The lowest BCUT2D eigenvalue weighted by Crippen LogP contribution is -2.40. The van der Waals surface area contributed by atoms with Crippen LogP contribution < -0.4 is 20.3 Å². The zero-order chi connectivity index (χ0) is 20.8. The van der Waals surface area contributed by atoms with Gasteiger partial charge in [-0.25, -0.2) is 4.99 Å². The number of halogens is 3. The molecule has 1 aromatic carbocycles. The summed E-state index contributed by atoms with van der Waals surface area (Å²) in [6.07, 6.45) is 1.13. The van der Waals surface area contributed by atoms with E-state index >= 15 is 0 Å². The highest BCUT2D eigenvalue weighted by Crippen LogP contribution is 2.31. The van der Waals surface area contributed by atoms with Crippen LogP contribution in [0.3, 0.4) is 0 Å². The van der Waals surface area contributed by atoms with E-state index in [0.717, 1.165) is 55.7 Å². The summed E-state index contributed by atoms with van der Waals surface area (Å²) >= 11 is 12.2. The first kappa shape index (κ1) is 24.9. The van der Waals surface area contributed by atoms with Crippen LogP contribution in [-0.2, 0) is 13.6 Å². The zero-order valence-electron chi connectivity index (χ0n) is 17.6. The van der Waals surface area contributed by atoms with Gasteiger partial charge in [0.05, 0.1) is 24.4 Å². The fraction of sp³-hybridized carbons (Fsp3) is 0.476. The number of benzene rings is 1. The van der Waals surface area contributed by atoms with Crippen LogP contribution in [0.25, 0.3) is 0 Å². The molecule has 1 fully saturated rings. The Morgan fingerprint density at radius 2 is 2.03 bits per heavy atom. The second-order valence-corrected chi connectivity index (χ2v) is 7.95. The molecule has 166 valence electrons. The molecule has 1 aromatic heterocycles. The van der Waals surface area contributed by atoms with Crippen molar-refractivity contribution in [2.24, 2.45) is 18.0 Å². The van der Waals surface area contributed by atoms with Gasteiger partial charge in [-0.3, -0.25) is 0 Å². The van der Waals surface area contributed by atoms with E-state index in [2.05, 4.69) is 39.6 Å². The Bertz CT molecular complexity index is 858. The normalized spacial score (nSPS) is 16.4. The second-order valence-electron chi connectivity index (χ2n) is 7.18. The lowest BCUT2D eigenvalue weighted by Gasteiger charge is -2.21. The Morgan fingerprint density at radius 1 is 1.27 bits per heavy atom. The standard InChI is InChI=1S/C21H29Cl2N5O.HI/c1-4-24-21(26-13-16-11-17(22)20(23)27(16)2)25-12-15-9-10-28(14-15)18-7-5-6-8-19(18)29-3;/h5-8,11,15H,4,9-10,12-14H2,1-3H3,(H2,24,25,26);1H. The quantitative estimate of drug-likeness (QED) is 0.294. The number of nitrogens with zero attached hydrogens (tertiary/aromatic N) is 3. The molecule has 2 N–H and O–H groups in total. The van der Waals surface area contributed by atoms with E-state index in [0.29, 0.717) is 22.6 Å². The van der Waals surface area contributed by atoms with E-state index in [-0.39, 0.29) is 24.0 Å². The number of ether oxygens (including phenoxy) is 1. The maximum atomic E-state index is 6.15. The summed E-state index contributed by atoms with van der Waals surface area (Å²) < 4.78 is 7.37. The first-order chi connectivity index (χ1) is 14.0. The summed E-state index contributed by atoms with van der Waals surface area (Å²) in [5.74, 6) is 2.27. The lowest BCUT2D eigenvalue weighted by molar-refractivity contribution is 0.414. The molecule has 1 unspecified atom stereocenters. The summed E-state index contributed by atoms with van der Waals surface area (Å²) in [4.78, 5) is 7.08. The maximum absolute atomic E-state index is 6.15. The van der Waals surface area contributed by atoms with Crippen LogP contribution in [0.2, 0.25) is 10.2 Å². The van der Waals surface area contributed by atoms with E-state index in [1.165, 1.54) is 0 Å². The molecule has 2 heterocycles. The van der Waals surface area contributed by atoms with Crippen molar-refractivity contribution in [3.8, 4) is 5.75 Å². The van der Waals surface area contributed by atoms with Crippen molar-refractivity contribution >= 4 is 58.8 Å². The van der Waals surface area contributed by atoms with Gasteiger partial charge in [-0.2, -0.15) is 0 Å². The largest absolute Gasteiger partial charge is 0.495 e. The number of anilines is 1. The summed E-state index contributed by atoms with van der Waals surface area (Å²) in [5, 5.41) is 7.88. The molecule has 1 saturated heterocycles. The second kappa shape index (κ2) is 11.9. The van der Waals surface area contributed by atoms with Crippen LogP contribution in [-0.4, -0.2) is 43.8 Å². The van der Waals surface area contributed by atoms with Gasteiger partial charge in [-0.15, -0.1) is 24.0 Å². The molecular formula is C21H30Cl2IN5O. The number of aromatic nitrogens is 1. The van der Waals surface area contributed by atoms with Crippen molar-refractivity contribution in [2.75, 3.05) is 38.2 Å². The number of hydrogen-bond acceptors (Lipinski definition) is 3. The zero-order valence-corrected chi connectivity index (χ0v) is 21.5. The number of aliphatic imine (C=N–C) groups is 1. The van der Waals surface area contributed by atoms with Crippen molar-refractivity contribution in [3.63, 3.8) is 0 Å². The van der Waals surface area contributed by atoms with Crippen molar-refractivity contribution < 1.29 is 4.74 Å². The fourth-order valence-corrected chi connectivity index (χ4v) is 4.01. The molecule has 0 saturated carbocycles. The summed E-state index contributed by atoms with van der Waals surface area (Å²) in [5.41, 5.74) is 2.14. The molecule has 2 aromatic rings. The minimum atomic E-state index is 0. The summed E-state index contributed by atoms with van der Waals surface area (Å²) in [6.45, 7) is 6.27. The molecule has 0 spiro atoms. The average molecular weight is 566 g/mol. The topological polar surface area (TPSA) is 53.8 Å². The van der Waals surface area contributed by atoms with Crippen LogP contribution in [0.1, 0.15) is 19.0 Å². The molecule has 1 aliphatic heterocycles. The fourth-order valence-electron chi connectivity index (χ4n) is 3.59. The molecule has 6 nitrogen and oxygen atoms in total. The monoisotopic (exact) mass is 565 g/mol. The molecule has 1 atom stereocenters. The molecule has 3 rings (SSSR count). The van der Waals surface area contributed by atoms with Crippen molar-refractivity contribution in [2.45, 2.75) is 19.9 Å². The van der Waals surface area contributed by atoms with Gasteiger partial charge in [-0.05, 0) is 37.5 Å². The molecule has 0 radical (unpaired) electrons. The van der Waals surface area contributed by atoms with E-state index < -0.39 is 0 Å². The third kappa shape index (κ3) is 6.11. The molecule has 0 bridgehead atoms. The lowest BCUT2D eigenvalue weighted by atomic mass is 10.1. The van der Waals surface area contributed by atoms with E-state index in [1.54, 1.807) is 7.11 Å². The number of hydrogen-bond donors (Lipinski definition) is 2. The third-order valence-corrected chi connectivity index (χ3v) is 6.07. The smallest absolute Gasteiger partial charge is 0.191 e.